The zero-order valence-corrected chi connectivity index (χ0v) is 15.2. The van der Waals surface area contributed by atoms with Crippen molar-refractivity contribution in [3.8, 4) is 11.5 Å². The van der Waals surface area contributed by atoms with Crippen molar-refractivity contribution in [2.24, 2.45) is 0 Å². The van der Waals surface area contributed by atoms with Crippen molar-refractivity contribution < 1.29 is 23.8 Å². The highest BCUT2D eigenvalue weighted by Gasteiger charge is 2.14. The summed E-state index contributed by atoms with van der Waals surface area (Å²) in [6.07, 6.45) is 0.0516. The van der Waals surface area contributed by atoms with Crippen molar-refractivity contribution in [2.45, 2.75) is 13.0 Å². The van der Waals surface area contributed by atoms with Gasteiger partial charge in [0, 0.05) is 13.6 Å². The molecular formula is C20H23NO5. The first-order valence-corrected chi connectivity index (χ1v) is 8.18. The van der Waals surface area contributed by atoms with Crippen LogP contribution in [0.2, 0.25) is 0 Å². The Hall–Kier alpha value is -3.02. The predicted octanol–water partition coefficient (Wildman–Crippen LogP) is 2.45. The fraction of sp³-hybridized carbons (Fsp3) is 0.300. The van der Waals surface area contributed by atoms with Crippen LogP contribution in [-0.4, -0.2) is 44.7 Å². The van der Waals surface area contributed by atoms with Gasteiger partial charge in [-0.05, 0) is 23.3 Å². The smallest absolute Gasteiger partial charge is 0.310 e. The van der Waals surface area contributed by atoms with Gasteiger partial charge in [-0.2, -0.15) is 0 Å². The first-order valence-electron chi connectivity index (χ1n) is 8.18. The highest BCUT2D eigenvalue weighted by molar-refractivity contribution is 5.81. The Labute approximate surface area is 153 Å². The number of esters is 1. The molecule has 2 aromatic carbocycles. The number of likely N-dealkylation sites (N-methyl/N-ethyl adjacent to an activating group) is 1. The van der Waals surface area contributed by atoms with Crippen LogP contribution in [0, 0.1) is 0 Å². The molecule has 0 atom stereocenters. The van der Waals surface area contributed by atoms with E-state index in [1.165, 1.54) is 12.0 Å². The molecule has 0 radical (unpaired) electrons. The molecule has 6 nitrogen and oxygen atoms in total. The second-order valence-electron chi connectivity index (χ2n) is 5.76. The minimum Gasteiger partial charge on any atom is -0.493 e. The lowest BCUT2D eigenvalue weighted by Gasteiger charge is -2.17. The highest BCUT2D eigenvalue weighted by Crippen LogP contribution is 2.27. The molecule has 0 bridgehead atoms. The monoisotopic (exact) mass is 357 g/mol. The molecular weight excluding hydrogens is 334 g/mol. The number of amides is 1. The number of methoxy groups -OCH3 is 2. The molecule has 0 spiro atoms. The number of hydrogen-bond acceptors (Lipinski definition) is 5. The van der Waals surface area contributed by atoms with Gasteiger partial charge in [0.25, 0.3) is 5.91 Å². The van der Waals surface area contributed by atoms with Crippen molar-refractivity contribution in [2.75, 3.05) is 27.9 Å². The number of ether oxygens (including phenoxy) is 3. The maximum atomic E-state index is 12.1. The normalized spacial score (nSPS) is 10.1. The van der Waals surface area contributed by atoms with Gasteiger partial charge >= 0.3 is 5.97 Å². The van der Waals surface area contributed by atoms with E-state index in [1.54, 1.807) is 32.4 Å². The van der Waals surface area contributed by atoms with Crippen molar-refractivity contribution in [1.82, 2.24) is 4.90 Å². The van der Waals surface area contributed by atoms with Crippen LogP contribution in [0.5, 0.6) is 11.5 Å². The highest BCUT2D eigenvalue weighted by atomic mass is 16.5. The first kappa shape index (κ1) is 19.3. The fourth-order valence-electron chi connectivity index (χ4n) is 2.41. The van der Waals surface area contributed by atoms with Crippen molar-refractivity contribution in [3.05, 3.63) is 59.7 Å². The van der Waals surface area contributed by atoms with Gasteiger partial charge in [0.1, 0.15) is 0 Å². The van der Waals surface area contributed by atoms with Gasteiger partial charge in [0.15, 0.2) is 18.1 Å². The van der Waals surface area contributed by atoms with E-state index < -0.39 is 5.97 Å². The zero-order chi connectivity index (χ0) is 18.9. The molecule has 0 N–H and O–H groups in total. The van der Waals surface area contributed by atoms with Crippen LogP contribution in [0.3, 0.4) is 0 Å². The van der Waals surface area contributed by atoms with Crippen molar-refractivity contribution in [1.29, 1.82) is 0 Å². The summed E-state index contributed by atoms with van der Waals surface area (Å²) >= 11 is 0. The van der Waals surface area contributed by atoms with Crippen molar-refractivity contribution >= 4 is 11.9 Å². The molecule has 0 heterocycles. The number of hydrogen-bond donors (Lipinski definition) is 0. The predicted molar refractivity (Wildman–Crippen MR) is 97.1 cm³/mol. The Bertz CT molecular complexity index is 745. The van der Waals surface area contributed by atoms with E-state index in [0.717, 1.165) is 11.1 Å². The summed E-state index contributed by atoms with van der Waals surface area (Å²) in [6.45, 7) is 0.183. The van der Waals surface area contributed by atoms with Gasteiger partial charge in [-0.1, -0.05) is 36.4 Å². The van der Waals surface area contributed by atoms with Crippen LogP contribution < -0.4 is 9.47 Å². The lowest BCUT2D eigenvalue weighted by atomic mass is 10.1. The summed E-state index contributed by atoms with van der Waals surface area (Å²) in [4.78, 5) is 25.6. The van der Waals surface area contributed by atoms with Gasteiger partial charge < -0.3 is 19.1 Å². The maximum Gasteiger partial charge on any atom is 0.310 e. The molecule has 0 aliphatic rings. The van der Waals surface area contributed by atoms with E-state index >= 15 is 0 Å². The van der Waals surface area contributed by atoms with Gasteiger partial charge in [0.2, 0.25) is 0 Å². The molecule has 0 unspecified atom stereocenters. The summed E-state index contributed by atoms with van der Waals surface area (Å²) in [5.74, 6) is 0.395. The third kappa shape index (κ3) is 5.51. The summed E-state index contributed by atoms with van der Waals surface area (Å²) in [7, 11) is 4.75. The summed E-state index contributed by atoms with van der Waals surface area (Å²) in [6, 6.07) is 14.8. The largest absolute Gasteiger partial charge is 0.493 e. The third-order valence-electron chi connectivity index (χ3n) is 3.84. The molecule has 26 heavy (non-hydrogen) atoms. The quantitative estimate of drug-likeness (QED) is 0.679. The lowest BCUT2D eigenvalue weighted by molar-refractivity contribution is -0.151. The van der Waals surface area contributed by atoms with Crippen LogP contribution in [0.25, 0.3) is 0 Å². The van der Waals surface area contributed by atoms with E-state index in [4.69, 9.17) is 14.2 Å². The Morgan fingerprint density at radius 1 is 0.923 bits per heavy atom. The van der Waals surface area contributed by atoms with E-state index in [2.05, 4.69) is 0 Å². The molecule has 2 aromatic rings. The van der Waals surface area contributed by atoms with E-state index in [1.807, 2.05) is 30.3 Å². The van der Waals surface area contributed by atoms with E-state index in [0.29, 0.717) is 18.0 Å². The van der Waals surface area contributed by atoms with E-state index in [9.17, 15) is 9.59 Å². The second-order valence-corrected chi connectivity index (χ2v) is 5.76. The average Bonchev–Trinajstić information content (AvgIpc) is 2.66. The van der Waals surface area contributed by atoms with Crippen LogP contribution in [0.15, 0.2) is 48.5 Å². The Balaban J connectivity index is 1.83. The number of rotatable bonds is 8. The number of nitrogens with zero attached hydrogens (tertiary/aromatic N) is 1. The van der Waals surface area contributed by atoms with Crippen LogP contribution in [0.1, 0.15) is 11.1 Å². The topological polar surface area (TPSA) is 65.1 Å². The lowest BCUT2D eigenvalue weighted by Crippen LogP contribution is -2.31. The molecule has 1 amide bonds. The molecule has 6 heteroatoms. The molecule has 0 fully saturated rings. The maximum absolute atomic E-state index is 12.1. The fourth-order valence-corrected chi connectivity index (χ4v) is 2.41. The van der Waals surface area contributed by atoms with Crippen LogP contribution >= 0.6 is 0 Å². The Kier molecular flexibility index (Phi) is 7.02. The average molecular weight is 357 g/mol. The zero-order valence-electron chi connectivity index (χ0n) is 15.2. The Morgan fingerprint density at radius 2 is 1.62 bits per heavy atom. The van der Waals surface area contributed by atoms with Gasteiger partial charge in [-0.25, -0.2) is 0 Å². The molecule has 0 saturated carbocycles. The first-order chi connectivity index (χ1) is 12.5. The summed E-state index contributed by atoms with van der Waals surface area (Å²) in [5.41, 5.74) is 1.73. The second kappa shape index (κ2) is 9.46. The molecule has 0 aliphatic heterocycles. The summed E-state index contributed by atoms with van der Waals surface area (Å²) in [5, 5.41) is 0. The Morgan fingerprint density at radius 3 is 2.27 bits per heavy atom. The van der Waals surface area contributed by atoms with Crippen molar-refractivity contribution in [3.63, 3.8) is 0 Å². The SMILES string of the molecule is COc1ccc(CC(=O)OCC(=O)N(C)Cc2ccccc2)cc1OC. The third-order valence-corrected chi connectivity index (χ3v) is 3.84. The van der Waals surface area contributed by atoms with Crippen LogP contribution in [-0.2, 0) is 27.3 Å². The van der Waals surface area contributed by atoms with E-state index in [-0.39, 0.29) is 18.9 Å². The molecule has 0 aromatic heterocycles. The van der Waals surface area contributed by atoms with Gasteiger partial charge in [-0.15, -0.1) is 0 Å². The summed E-state index contributed by atoms with van der Waals surface area (Å²) < 4.78 is 15.5. The molecule has 0 aliphatic carbocycles. The van der Waals surface area contributed by atoms with Crippen LogP contribution in [0.4, 0.5) is 0 Å². The minimum atomic E-state index is -0.473. The standard InChI is InChI=1S/C20H23NO5/c1-21(13-15-7-5-4-6-8-15)19(22)14-26-20(23)12-16-9-10-17(24-2)18(11-16)25-3/h4-11H,12-14H2,1-3H3. The van der Waals surface area contributed by atoms with Gasteiger partial charge in [0.05, 0.1) is 20.6 Å². The number of benzene rings is 2. The molecule has 0 saturated heterocycles. The minimum absolute atomic E-state index is 0.0516. The molecule has 138 valence electrons. The number of carbonyl (C=O) groups is 2. The number of carbonyl (C=O) groups excluding carboxylic acids is 2. The van der Waals surface area contributed by atoms with Gasteiger partial charge in [-0.3, -0.25) is 9.59 Å². The molecule has 2 rings (SSSR count).